The molecule has 0 aliphatic heterocycles. The Kier molecular flexibility index (Phi) is 3.24. The molecule has 1 N–H and O–H groups in total. The van der Waals surface area contributed by atoms with Gasteiger partial charge in [0.1, 0.15) is 11.3 Å². The molecule has 0 spiro atoms. The summed E-state index contributed by atoms with van der Waals surface area (Å²) in [5, 5.41) is 10.4. The smallest absolute Gasteiger partial charge is 0.141 e. The summed E-state index contributed by atoms with van der Waals surface area (Å²) < 4.78 is 0. The summed E-state index contributed by atoms with van der Waals surface area (Å²) >= 11 is 0. The molecule has 1 aromatic carbocycles. The molecule has 0 saturated carbocycles. The van der Waals surface area contributed by atoms with E-state index in [1.54, 1.807) is 6.07 Å². The number of aromatic nitrogens is 1. The molecule has 64 valence electrons. The summed E-state index contributed by atoms with van der Waals surface area (Å²) in [6.07, 6.45) is 0. The summed E-state index contributed by atoms with van der Waals surface area (Å²) in [6, 6.07) is 9.28. The maximum atomic E-state index is 9.43. The van der Waals surface area contributed by atoms with E-state index in [0.717, 1.165) is 11.1 Å². The van der Waals surface area contributed by atoms with Crippen LogP contribution in [0.1, 0.15) is 5.69 Å². The molecule has 2 rings (SSSR count). The van der Waals surface area contributed by atoms with Crippen LogP contribution >= 0.6 is 0 Å². The third-order valence-electron chi connectivity index (χ3n) is 1.84. The third kappa shape index (κ3) is 1.99. The molecular weight excluding hydrogens is 357 g/mol. The molecule has 0 atom stereocenters. The van der Waals surface area contributed by atoms with Crippen LogP contribution in [0.4, 0.5) is 0 Å². The number of nitrogens with zero attached hydrogens (tertiary/aromatic N) is 1. The molecule has 0 bridgehead atoms. The molecule has 4 radical (unpaired) electrons. The van der Waals surface area contributed by atoms with Gasteiger partial charge in [0.15, 0.2) is 0 Å². The number of para-hydroxylation sites is 1. The van der Waals surface area contributed by atoms with Crippen LogP contribution in [-0.4, -0.2) is 37.4 Å². The number of pyridine rings is 1. The van der Waals surface area contributed by atoms with Crippen LogP contribution in [-0.2, 0) is 0 Å². The van der Waals surface area contributed by atoms with E-state index >= 15 is 0 Å². The van der Waals surface area contributed by atoms with Gasteiger partial charge in [-0.2, -0.15) is 0 Å². The van der Waals surface area contributed by atoms with Gasteiger partial charge in [-0.15, -0.1) is 0 Å². The first-order valence-electron chi connectivity index (χ1n) is 3.83. The Labute approximate surface area is 96.8 Å². The molecule has 0 aliphatic rings. The molecule has 0 unspecified atom stereocenters. The number of aromatic hydroxyl groups is 1. The zero-order valence-electron chi connectivity index (χ0n) is 7.28. The fourth-order valence-electron chi connectivity index (χ4n) is 1.23. The molecule has 0 fully saturated rings. The number of fused-ring (bicyclic) bond motifs is 1. The summed E-state index contributed by atoms with van der Waals surface area (Å²) in [4.78, 5) is 4.23. The fourth-order valence-corrected chi connectivity index (χ4v) is 1.23. The maximum Gasteiger partial charge on any atom is 0.141 e. The number of hydrogen-bond donors (Lipinski definition) is 1. The minimum Gasteiger partial charge on any atom is -0.506 e. The van der Waals surface area contributed by atoms with Gasteiger partial charge in [0.2, 0.25) is 0 Å². The number of rotatable bonds is 0. The van der Waals surface area contributed by atoms with Crippen molar-refractivity contribution in [3.05, 3.63) is 36.0 Å². The average molecular weight is 366 g/mol. The van der Waals surface area contributed by atoms with Crippen LogP contribution in [0, 0.1) is 6.92 Å². The van der Waals surface area contributed by atoms with Crippen molar-refractivity contribution < 1.29 is 5.11 Å². The van der Waals surface area contributed by atoms with Gasteiger partial charge in [-0.1, -0.05) is 18.2 Å². The van der Waals surface area contributed by atoms with Crippen molar-refractivity contribution in [1.29, 1.82) is 0 Å². The Morgan fingerprint density at radius 3 is 2.69 bits per heavy atom. The number of phenolic OH excluding ortho intramolecular Hbond substituents is 1. The fraction of sp³-hybridized carbons (Fsp3) is 0.100. The molecular formula is C10H9NOPb. The normalized spacial score (nSPS) is 9.62. The Balaban J connectivity index is 0.000000845. The van der Waals surface area contributed by atoms with E-state index < -0.39 is 0 Å². The van der Waals surface area contributed by atoms with E-state index in [9.17, 15) is 5.11 Å². The van der Waals surface area contributed by atoms with Crippen LogP contribution < -0.4 is 0 Å². The van der Waals surface area contributed by atoms with Gasteiger partial charge in [-0.3, -0.25) is 0 Å². The Hall–Kier alpha value is -0.648. The van der Waals surface area contributed by atoms with Crippen molar-refractivity contribution in [2.24, 2.45) is 0 Å². The minimum absolute atomic E-state index is 0. The number of benzene rings is 1. The average Bonchev–Trinajstić information content (AvgIpc) is 2.07. The van der Waals surface area contributed by atoms with Crippen molar-refractivity contribution in [3.8, 4) is 5.75 Å². The van der Waals surface area contributed by atoms with Gasteiger partial charge in [0, 0.05) is 38.4 Å². The van der Waals surface area contributed by atoms with Gasteiger partial charge < -0.3 is 5.11 Å². The summed E-state index contributed by atoms with van der Waals surface area (Å²) in [6.45, 7) is 1.91. The molecule has 0 aliphatic carbocycles. The zero-order valence-corrected chi connectivity index (χ0v) is 11.2. The Bertz CT molecular complexity index is 428. The Morgan fingerprint density at radius 2 is 1.92 bits per heavy atom. The van der Waals surface area contributed by atoms with E-state index in [4.69, 9.17) is 0 Å². The summed E-state index contributed by atoms with van der Waals surface area (Å²) in [5.74, 6) is 0.246. The van der Waals surface area contributed by atoms with Crippen LogP contribution in [0.25, 0.3) is 10.9 Å². The minimum atomic E-state index is 0. The third-order valence-corrected chi connectivity index (χ3v) is 1.84. The first kappa shape index (κ1) is 10.4. The molecule has 3 heteroatoms. The molecule has 2 nitrogen and oxygen atoms in total. The van der Waals surface area contributed by atoms with Crippen LogP contribution in [0.15, 0.2) is 30.3 Å². The summed E-state index contributed by atoms with van der Waals surface area (Å²) in [5.41, 5.74) is 1.60. The molecule has 1 heterocycles. The van der Waals surface area contributed by atoms with Crippen LogP contribution in [0.5, 0.6) is 5.75 Å². The van der Waals surface area contributed by atoms with E-state index in [1.165, 1.54) is 0 Å². The van der Waals surface area contributed by atoms with E-state index in [1.807, 2.05) is 31.2 Å². The molecule has 13 heavy (non-hydrogen) atoms. The van der Waals surface area contributed by atoms with Gasteiger partial charge in [-0.25, -0.2) is 4.98 Å². The van der Waals surface area contributed by atoms with Crippen molar-refractivity contribution in [2.75, 3.05) is 0 Å². The van der Waals surface area contributed by atoms with Crippen molar-refractivity contribution in [2.45, 2.75) is 6.92 Å². The van der Waals surface area contributed by atoms with E-state index in [2.05, 4.69) is 4.98 Å². The largest absolute Gasteiger partial charge is 0.506 e. The summed E-state index contributed by atoms with van der Waals surface area (Å²) in [7, 11) is 0. The van der Waals surface area contributed by atoms with Gasteiger partial charge >= 0.3 is 0 Å². The second-order valence-electron chi connectivity index (χ2n) is 2.80. The monoisotopic (exact) mass is 367 g/mol. The SMILES string of the molecule is Cc1ccc2cccc(O)c2n1.[Pb]. The number of aryl methyl sites for hydroxylation is 1. The molecule has 1 aromatic heterocycles. The molecule has 2 aromatic rings. The first-order valence-corrected chi connectivity index (χ1v) is 3.83. The second-order valence-corrected chi connectivity index (χ2v) is 2.80. The molecule has 0 saturated heterocycles. The number of hydrogen-bond acceptors (Lipinski definition) is 2. The standard InChI is InChI=1S/C10H9NO.Pb/c1-7-5-6-8-3-2-4-9(12)10(8)11-7;/h2-6,12H,1H3;. The van der Waals surface area contributed by atoms with Gasteiger partial charge in [-0.05, 0) is 19.1 Å². The quantitative estimate of drug-likeness (QED) is 0.722. The Morgan fingerprint density at radius 1 is 1.15 bits per heavy atom. The van der Waals surface area contributed by atoms with Crippen molar-refractivity contribution >= 4 is 38.2 Å². The topological polar surface area (TPSA) is 33.1 Å². The van der Waals surface area contributed by atoms with E-state index in [0.29, 0.717) is 5.52 Å². The second kappa shape index (κ2) is 4.04. The van der Waals surface area contributed by atoms with Gasteiger partial charge in [0.25, 0.3) is 0 Å². The van der Waals surface area contributed by atoms with Crippen LogP contribution in [0.3, 0.4) is 0 Å². The number of phenols is 1. The van der Waals surface area contributed by atoms with Crippen LogP contribution in [0.2, 0.25) is 0 Å². The predicted molar refractivity (Wildman–Crippen MR) is 53.9 cm³/mol. The van der Waals surface area contributed by atoms with E-state index in [-0.39, 0.29) is 33.0 Å². The zero-order chi connectivity index (χ0) is 8.55. The van der Waals surface area contributed by atoms with Gasteiger partial charge in [0.05, 0.1) is 0 Å². The maximum absolute atomic E-state index is 9.43. The predicted octanol–water partition coefficient (Wildman–Crippen LogP) is 1.87. The molecule has 0 amide bonds. The van der Waals surface area contributed by atoms with Crippen molar-refractivity contribution in [1.82, 2.24) is 4.98 Å². The first-order chi connectivity index (χ1) is 5.77. The van der Waals surface area contributed by atoms with Crippen molar-refractivity contribution in [3.63, 3.8) is 0 Å².